The molecule has 0 aromatic heterocycles. The molecular formula is C21H26O2. The zero-order chi connectivity index (χ0) is 16.2. The van der Waals surface area contributed by atoms with E-state index >= 15 is 0 Å². The number of hydrogen-bond acceptors (Lipinski definition) is 2. The van der Waals surface area contributed by atoms with Crippen molar-refractivity contribution in [2.24, 2.45) is 17.3 Å². The van der Waals surface area contributed by atoms with Gasteiger partial charge in [0.2, 0.25) is 0 Å². The molecule has 23 heavy (non-hydrogen) atoms. The van der Waals surface area contributed by atoms with Crippen LogP contribution < -0.4 is 0 Å². The van der Waals surface area contributed by atoms with Gasteiger partial charge in [0, 0.05) is 11.8 Å². The summed E-state index contributed by atoms with van der Waals surface area (Å²) in [6.07, 6.45) is 14.6. The van der Waals surface area contributed by atoms with Gasteiger partial charge in [0.1, 0.15) is 0 Å². The number of carbonyl (C=O) groups is 1. The molecule has 0 heterocycles. The molecule has 0 spiro atoms. The van der Waals surface area contributed by atoms with E-state index in [0.29, 0.717) is 24.7 Å². The average Bonchev–Trinajstić information content (AvgIpc) is 2.79. The second kappa shape index (κ2) is 5.04. The van der Waals surface area contributed by atoms with Gasteiger partial charge in [-0.05, 0) is 73.2 Å². The molecule has 4 atom stereocenters. The van der Waals surface area contributed by atoms with Gasteiger partial charge in [0.25, 0.3) is 0 Å². The van der Waals surface area contributed by atoms with Crippen molar-refractivity contribution in [2.45, 2.75) is 57.5 Å². The lowest BCUT2D eigenvalue weighted by atomic mass is 9.58. The van der Waals surface area contributed by atoms with Crippen molar-refractivity contribution in [2.75, 3.05) is 0 Å². The van der Waals surface area contributed by atoms with Crippen LogP contribution in [-0.4, -0.2) is 16.5 Å². The summed E-state index contributed by atoms with van der Waals surface area (Å²) >= 11 is 0. The smallest absolute Gasteiger partial charge is 0.156 e. The lowest BCUT2D eigenvalue weighted by molar-refractivity contribution is -0.114. The van der Waals surface area contributed by atoms with Crippen molar-refractivity contribution in [1.82, 2.24) is 0 Å². The van der Waals surface area contributed by atoms with Crippen LogP contribution in [0.15, 0.2) is 47.6 Å². The van der Waals surface area contributed by atoms with Gasteiger partial charge >= 0.3 is 0 Å². The molecule has 0 aromatic carbocycles. The van der Waals surface area contributed by atoms with Gasteiger partial charge < -0.3 is 5.11 Å². The summed E-state index contributed by atoms with van der Waals surface area (Å²) in [6.45, 7) is 6.09. The highest BCUT2D eigenvalue weighted by Crippen LogP contribution is 2.61. The Bertz CT molecular complexity index is 665. The normalized spacial score (nSPS) is 42.0. The standard InChI is InChI=1S/C21H26O2/c1-3-10-21(23)12-9-19-18-6-4-14-13-15(22)5-7-16(14)17(18)8-11-20(19,21)2/h3,8,11,13,18-19,23H,1,4-7,9-10,12H2,2H3/t18-,19-,20-,21-/m0/s1. The Morgan fingerprint density at radius 3 is 2.96 bits per heavy atom. The molecule has 0 saturated heterocycles. The first kappa shape index (κ1) is 15.1. The summed E-state index contributed by atoms with van der Waals surface area (Å²) in [5.74, 6) is 1.34. The summed E-state index contributed by atoms with van der Waals surface area (Å²) in [4.78, 5) is 11.7. The van der Waals surface area contributed by atoms with Gasteiger partial charge in [0.15, 0.2) is 5.78 Å². The number of carbonyl (C=O) groups excluding carboxylic acids is 1. The van der Waals surface area contributed by atoms with Gasteiger partial charge in [0.05, 0.1) is 5.60 Å². The van der Waals surface area contributed by atoms with Crippen LogP contribution >= 0.6 is 0 Å². The molecule has 1 saturated carbocycles. The average molecular weight is 310 g/mol. The van der Waals surface area contributed by atoms with Gasteiger partial charge in [-0.15, -0.1) is 6.58 Å². The fourth-order valence-corrected chi connectivity index (χ4v) is 5.68. The summed E-state index contributed by atoms with van der Waals surface area (Å²) in [7, 11) is 0. The Hall–Kier alpha value is -1.41. The minimum Gasteiger partial charge on any atom is -0.389 e. The first-order valence-corrected chi connectivity index (χ1v) is 8.98. The van der Waals surface area contributed by atoms with E-state index in [1.165, 1.54) is 16.7 Å². The van der Waals surface area contributed by atoms with E-state index in [2.05, 4.69) is 25.7 Å². The predicted octanol–water partition coefficient (Wildman–Crippen LogP) is 4.28. The van der Waals surface area contributed by atoms with E-state index in [9.17, 15) is 9.90 Å². The Balaban J connectivity index is 1.79. The van der Waals surface area contributed by atoms with Crippen molar-refractivity contribution in [3.8, 4) is 0 Å². The molecule has 0 bridgehead atoms. The number of fused-ring (bicyclic) bond motifs is 4. The third-order valence-corrected chi connectivity index (χ3v) is 7.04. The highest BCUT2D eigenvalue weighted by Gasteiger charge is 2.58. The van der Waals surface area contributed by atoms with E-state index in [1.807, 2.05) is 12.2 Å². The van der Waals surface area contributed by atoms with Crippen LogP contribution in [0, 0.1) is 17.3 Å². The fourth-order valence-electron chi connectivity index (χ4n) is 5.68. The minimum atomic E-state index is -0.648. The number of rotatable bonds is 2. The van der Waals surface area contributed by atoms with Crippen molar-refractivity contribution < 1.29 is 9.90 Å². The Morgan fingerprint density at radius 1 is 1.35 bits per heavy atom. The van der Waals surface area contributed by atoms with Crippen LogP contribution in [0.25, 0.3) is 0 Å². The molecule has 0 amide bonds. The predicted molar refractivity (Wildman–Crippen MR) is 91.8 cm³/mol. The maximum Gasteiger partial charge on any atom is 0.156 e. The Morgan fingerprint density at radius 2 is 2.17 bits per heavy atom. The van der Waals surface area contributed by atoms with Crippen LogP contribution in [0.4, 0.5) is 0 Å². The minimum absolute atomic E-state index is 0.151. The molecule has 0 radical (unpaired) electrons. The summed E-state index contributed by atoms with van der Waals surface area (Å²) in [5, 5.41) is 11.2. The Kier molecular flexibility index (Phi) is 3.32. The molecule has 1 fully saturated rings. The van der Waals surface area contributed by atoms with E-state index in [4.69, 9.17) is 0 Å². The van der Waals surface area contributed by atoms with Gasteiger partial charge in [-0.2, -0.15) is 0 Å². The quantitative estimate of drug-likeness (QED) is 0.773. The monoisotopic (exact) mass is 310 g/mol. The highest BCUT2D eigenvalue weighted by atomic mass is 16.3. The van der Waals surface area contributed by atoms with Gasteiger partial charge in [-0.1, -0.05) is 25.2 Å². The summed E-state index contributed by atoms with van der Waals surface area (Å²) in [5.41, 5.74) is 3.37. The van der Waals surface area contributed by atoms with Crippen LogP contribution in [0.5, 0.6) is 0 Å². The second-order valence-corrected chi connectivity index (χ2v) is 8.00. The topological polar surface area (TPSA) is 37.3 Å². The van der Waals surface area contributed by atoms with Crippen molar-refractivity contribution in [3.05, 3.63) is 47.6 Å². The lowest BCUT2D eigenvalue weighted by Gasteiger charge is -2.48. The maximum absolute atomic E-state index is 11.7. The number of aliphatic hydroxyl groups is 1. The number of ketones is 1. The zero-order valence-electron chi connectivity index (χ0n) is 14.0. The summed E-state index contributed by atoms with van der Waals surface area (Å²) in [6, 6.07) is 0. The summed E-state index contributed by atoms with van der Waals surface area (Å²) < 4.78 is 0. The molecule has 4 aliphatic rings. The highest BCUT2D eigenvalue weighted by molar-refractivity contribution is 5.93. The first-order valence-electron chi connectivity index (χ1n) is 8.98. The molecule has 0 unspecified atom stereocenters. The van der Waals surface area contributed by atoms with Crippen molar-refractivity contribution >= 4 is 5.78 Å². The van der Waals surface area contributed by atoms with Crippen LogP contribution in [0.1, 0.15) is 51.9 Å². The molecule has 2 nitrogen and oxygen atoms in total. The molecule has 4 rings (SSSR count). The molecule has 2 heteroatoms. The third kappa shape index (κ3) is 2.00. The maximum atomic E-state index is 11.7. The molecule has 1 N–H and O–H groups in total. The fraction of sp³-hybridized carbons (Fsp3) is 0.571. The SMILES string of the molecule is C=CC[C@]1(O)CC[C@H]2[C@H]3CCC4=CC(=O)CCC4=C3C=C[C@@]21C. The van der Waals surface area contributed by atoms with Crippen molar-refractivity contribution in [1.29, 1.82) is 0 Å². The van der Waals surface area contributed by atoms with Gasteiger partial charge in [-0.25, -0.2) is 0 Å². The first-order chi connectivity index (χ1) is 11.0. The number of hydrogen-bond donors (Lipinski definition) is 1. The van der Waals surface area contributed by atoms with E-state index in [1.54, 1.807) is 0 Å². The van der Waals surface area contributed by atoms with Crippen molar-refractivity contribution in [3.63, 3.8) is 0 Å². The lowest BCUT2D eigenvalue weighted by Crippen LogP contribution is -2.47. The molecule has 4 aliphatic carbocycles. The van der Waals surface area contributed by atoms with E-state index in [0.717, 1.165) is 32.1 Å². The van der Waals surface area contributed by atoms with Crippen LogP contribution in [0.2, 0.25) is 0 Å². The van der Waals surface area contributed by atoms with Crippen LogP contribution in [-0.2, 0) is 4.79 Å². The largest absolute Gasteiger partial charge is 0.389 e. The third-order valence-electron chi connectivity index (χ3n) is 7.04. The molecule has 122 valence electrons. The van der Waals surface area contributed by atoms with E-state index < -0.39 is 5.60 Å². The molecular weight excluding hydrogens is 284 g/mol. The zero-order valence-corrected chi connectivity index (χ0v) is 14.0. The van der Waals surface area contributed by atoms with Crippen LogP contribution in [0.3, 0.4) is 0 Å². The van der Waals surface area contributed by atoms with E-state index in [-0.39, 0.29) is 11.2 Å². The molecule has 0 aromatic rings. The Labute approximate surface area is 138 Å². The number of allylic oxidation sites excluding steroid dienone is 5. The molecule has 0 aliphatic heterocycles. The second-order valence-electron chi connectivity index (χ2n) is 8.00. The van der Waals surface area contributed by atoms with Gasteiger partial charge in [-0.3, -0.25) is 4.79 Å².